The first kappa shape index (κ1) is 11.4. The fraction of sp³-hybridized carbons (Fsp3) is 0.154. The molecule has 0 radical (unpaired) electrons. The molecular weight excluding hydrogens is 219 g/mol. The summed E-state index contributed by atoms with van der Waals surface area (Å²) in [6.07, 6.45) is 1.52. The van der Waals surface area contributed by atoms with Crippen molar-refractivity contribution in [3.05, 3.63) is 47.4 Å². The molecule has 1 heterocycles. The van der Waals surface area contributed by atoms with Gasteiger partial charge in [-0.3, -0.25) is 0 Å². The molecule has 4 heteroatoms. The Morgan fingerprint density at radius 2 is 1.94 bits per heavy atom. The summed E-state index contributed by atoms with van der Waals surface area (Å²) in [5.74, 6) is 0.527. The zero-order valence-electron chi connectivity index (χ0n) is 9.70. The van der Waals surface area contributed by atoms with Crippen LogP contribution in [0.3, 0.4) is 0 Å². The summed E-state index contributed by atoms with van der Waals surface area (Å²) in [6, 6.07) is 6.41. The largest absolute Gasteiger partial charge is 0.439 e. The summed E-state index contributed by atoms with van der Waals surface area (Å²) in [7, 11) is 0. The number of halogens is 1. The molecule has 2 aromatic rings. The topological polar surface area (TPSA) is 48.1 Å². The van der Waals surface area contributed by atoms with Crippen LogP contribution in [-0.2, 0) is 0 Å². The maximum absolute atomic E-state index is 13.3. The van der Waals surface area contributed by atoms with Crippen LogP contribution in [0.5, 0.6) is 11.6 Å². The van der Waals surface area contributed by atoms with E-state index in [9.17, 15) is 4.39 Å². The molecule has 1 aromatic heterocycles. The van der Waals surface area contributed by atoms with E-state index in [1.54, 1.807) is 25.1 Å². The van der Waals surface area contributed by atoms with E-state index < -0.39 is 0 Å². The molecule has 0 saturated heterocycles. The fourth-order valence-electron chi connectivity index (χ4n) is 1.35. The van der Waals surface area contributed by atoms with Crippen LogP contribution in [0.25, 0.3) is 0 Å². The van der Waals surface area contributed by atoms with Crippen molar-refractivity contribution >= 4 is 5.69 Å². The summed E-state index contributed by atoms with van der Waals surface area (Å²) in [5.41, 5.74) is 7.71. The van der Waals surface area contributed by atoms with Crippen LogP contribution in [0.1, 0.15) is 11.1 Å². The number of hydrogen-bond donors (Lipinski definition) is 1. The van der Waals surface area contributed by atoms with Gasteiger partial charge in [-0.15, -0.1) is 0 Å². The minimum absolute atomic E-state index is 0.297. The van der Waals surface area contributed by atoms with Gasteiger partial charge in [0.2, 0.25) is 5.88 Å². The number of nitrogens with two attached hydrogens (primary N) is 1. The van der Waals surface area contributed by atoms with Gasteiger partial charge in [0.25, 0.3) is 0 Å². The molecule has 2 N–H and O–H groups in total. The van der Waals surface area contributed by atoms with Gasteiger partial charge in [0.15, 0.2) is 0 Å². The third kappa shape index (κ3) is 2.53. The molecule has 0 saturated carbocycles. The predicted octanol–water partition coefficient (Wildman–Crippen LogP) is 3.21. The molecular formula is C13H13FN2O. The first-order valence-corrected chi connectivity index (χ1v) is 5.22. The van der Waals surface area contributed by atoms with Gasteiger partial charge in [0.05, 0.1) is 11.9 Å². The highest BCUT2D eigenvalue weighted by atomic mass is 19.1. The normalized spacial score (nSPS) is 10.3. The molecule has 0 atom stereocenters. The average molecular weight is 232 g/mol. The van der Waals surface area contributed by atoms with Gasteiger partial charge in [-0.05, 0) is 31.0 Å². The van der Waals surface area contributed by atoms with Gasteiger partial charge < -0.3 is 10.5 Å². The summed E-state index contributed by atoms with van der Waals surface area (Å²) in [6.45, 7) is 3.56. The second-order valence-corrected chi connectivity index (χ2v) is 3.89. The number of ether oxygens (including phenoxy) is 1. The molecule has 0 amide bonds. The predicted molar refractivity (Wildman–Crippen MR) is 64.6 cm³/mol. The number of nitrogens with zero attached hydrogens (tertiary/aromatic N) is 1. The Kier molecular flexibility index (Phi) is 2.95. The first-order valence-electron chi connectivity index (χ1n) is 5.22. The zero-order valence-corrected chi connectivity index (χ0v) is 9.70. The minimum Gasteiger partial charge on any atom is -0.439 e. The first-order chi connectivity index (χ1) is 8.06. The van der Waals surface area contributed by atoms with E-state index in [2.05, 4.69) is 4.98 Å². The number of nitrogen functional groups attached to an aromatic ring is 1. The van der Waals surface area contributed by atoms with Gasteiger partial charge in [0.1, 0.15) is 11.6 Å². The number of anilines is 1. The molecule has 0 spiro atoms. The van der Waals surface area contributed by atoms with Crippen LogP contribution >= 0.6 is 0 Å². The van der Waals surface area contributed by atoms with E-state index in [1.807, 2.05) is 6.92 Å². The van der Waals surface area contributed by atoms with Crippen molar-refractivity contribution in [2.75, 3.05) is 5.73 Å². The fourth-order valence-corrected chi connectivity index (χ4v) is 1.35. The number of aryl methyl sites for hydroxylation is 2. The van der Waals surface area contributed by atoms with Crippen molar-refractivity contribution in [2.24, 2.45) is 0 Å². The summed E-state index contributed by atoms with van der Waals surface area (Å²) in [4.78, 5) is 4.02. The Morgan fingerprint density at radius 1 is 1.18 bits per heavy atom. The number of benzene rings is 1. The Bertz CT molecular complexity index is 506. The van der Waals surface area contributed by atoms with E-state index >= 15 is 0 Å². The highest BCUT2D eigenvalue weighted by molar-refractivity contribution is 5.46. The molecule has 88 valence electrons. The molecule has 0 aliphatic rings. The maximum atomic E-state index is 13.3. The number of aromatic nitrogens is 1. The van der Waals surface area contributed by atoms with Crippen LogP contribution in [0, 0.1) is 19.7 Å². The molecule has 0 bridgehead atoms. The third-order valence-corrected chi connectivity index (χ3v) is 2.49. The lowest BCUT2D eigenvalue weighted by atomic mass is 10.2. The Balaban J connectivity index is 2.25. The molecule has 17 heavy (non-hydrogen) atoms. The highest BCUT2D eigenvalue weighted by Gasteiger charge is 2.04. The highest BCUT2D eigenvalue weighted by Crippen LogP contribution is 2.23. The van der Waals surface area contributed by atoms with Crippen molar-refractivity contribution in [1.29, 1.82) is 0 Å². The standard InChI is InChI=1S/C13H13FN2O/c1-8-3-4-10(6-11(8)14)17-13-5-9(2)12(15)7-16-13/h3-7H,15H2,1-2H3. The van der Waals surface area contributed by atoms with Crippen molar-refractivity contribution in [2.45, 2.75) is 13.8 Å². The zero-order chi connectivity index (χ0) is 12.4. The minimum atomic E-state index is -0.297. The van der Waals surface area contributed by atoms with Crippen LogP contribution < -0.4 is 10.5 Å². The Morgan fingerprint density at radius 3 is 2.59 bits per heavy atom. The van der Waals surface area contributed by atoms with Crippen molar-refractivity contribution in [3.8, 4) is 11.6 Å². The van der Waals surface area contributed by atoms with Gasteiger partial charge in [-0.1, -0.05) is 6.07 Å². The van der Waals surface area contributed by atoms with Crippen molar-refractivity contribution < 1.29 is 9.13 Å². The maximum Gasteiger partial charge on any atom is 0.219 e. The van der Waals surface area contributed by atoms with E-state index in [1.165, 1.54) is 12.3 Å². The monoisotopic (exact) mass is 232 g/mol. The van der Waals surface area contributed by atoms with Crippen LogP contribution in [-0.4, -0.2) is 4.98 Å². The third-order valence-electron chi connectivity index (χ3n) is 2.49. The molecule has 0 aliphatic carbocycles. The molecule has 2 rings (SSSR count). The second-order valence-electron chi connectivity index (χ2n) is 3.89. The van der Waals surface area contributed by atoms with E-state index in [0.717, 1.165) is 5.56 Å². The lowest BCUT2D eigenvalue weighted by Gasteiger charge is -2.07. The summed E-state index contributed by atoms with van der Waals surface area (Å²) in [5, 5.41) is 0. The van der Waals surface area contributed by atoms with Crippen LogP contribution in [0.2, 0.25) is 0 Å². The molecule has 0 aliphatic heterocycles. The van der Waals surface area contributed by atoms with Gasteiger partial charge in [0, 0.05) is 12.1 Å². The van der Waals surface area contributed by atoms with Gasteiger partial charge in [-0.25, -0.2) is 9.37 Å². The van der Waals surface area contributed by atoms with Crippen molar-refractivity contribution in [3.63, 3.8) is 0 Å². The summed E-state index contributed by atoms with van der Waals surface area (Å²) < 4.78 is 18.7. The molecule has 0 unspecified atom stereocenters. The van der Waals surface area contributed by atoms with Crippen LogP contribution in [0.4, 0.5) is 10.1 Å². The quantitative estimate of drug-likeness (QED) is 0.864. The Labute approximate surface area is 99.1 Å². The van der Waals surface area contributed by atoms with E-state index in [0.29, 0.717) is 22.9 Å². The van der Waals surface area contributed by atoms with E-state index in [-0.39, 0.29) is 5.82 Å². The lowest BCUT2D eigenvalue weighted by molar-refractivity contribution is 0.457. The number of hydrogen-bond acceptors (Lipinski definition) is 3. The molecule has 0 fully saturated rings. The molecule has 3 nitrogen and oxygen atoms in total. The van der Waals surface area contributed by atoms with E-state index in [4.69, 9.17) is 10.5 Å². The number of rotatable bonds is 2. The van der Waals surface area contributed by atoms with Crippen LogP contribution in [0.15, 0.2) is 30.5 Å². The average Bonchev–Trinajstić information content (AvgIpc) is 2.29. The van der Waals surface area contributed by atoms with Crippen molar-refractivity contribution in [1.82, 2.24) is 4.98 Å². The summed E-state index contributed by atoms with van der Waals surface area (Å²) >= 11 is 0. The molecule has 1 aromatic carbocycles. The number of pyridine rings is 1. The Hall–Kier alpha value is -2.10. The second kappa shape index (κ2) is 4.41. The smallest absolute Gasteiger partial charge is 0.219 e. The van der Waals surface area contributed by atoms with Gasteiger partial charge in [-0.2, -0.15) is 0 Å². The van der Waals surface area contributed by atoms with Gasteiger partial charge >= 0.3 is 0 Å². The SMILES string of the molecule is Cc1cc(Oc2ccc(C)c(F)c2)ncc1N. The lowest BCUT2D eigenvalue weighted by Crippen LogP contribution is -1.94.